The van der Waals surface area contributed by atoms with Gasteiger partial charge in [-0.15, -0.1) is 0 Å². The van der Waals surface area contributed by atoms with Gasteiger partial charge in [-0.05, 0) is 83.7 Å². The highest BCUT2D eigenvalue weighted by atomic mass is 16.5. The van der Waals surface area contributed by atoms with Crippen molar-refractivity contribution in [2.45, 2.75) is 52.5 Å². The summed E-state index contributed by atoms with van der Waals surface area (Å²) in [5.74, 6) is 0.890. The highest BCUT2D eigenvalue weighted by Crippen LogP contribution is 2.41. The van der Waals surface area contributed by atoms with Crippen molar-refractivity contribution < 1.29 is 4.74 Å². The monoisotopic (exact) mass is 309 g/mol. The minimum absolute atomic E-state index is 0.0713. The SMILES string of the molecule is CCc1cc2c(c(C)c1CC)-c1ccc(OC)cc1[C@@H](N)CC2. The summed E-state index contributed by atoms with van der Waals surface area (Å²) >= 11 is 0. The van der Waals surface area contributed by atoms with Gasteiger partial charge in [0.1, 0.15) is 5.75 Å². The molecule has 1 aliphatic rings. The highest BCUT2D eigenvalue weighted by Gasteiger charge is 2.23. The van der Waals surface area contributed by atoms with Gasteiger partial charge < -0.3 is 10.5 Å². The van der Waals surface area contributed by atoms with Crippen molar-refractivity contribution in [1.82, 2.24) is 0 Å². The highest BCUT2D eigenvalue weighted by molar-refractivity contribution is 5.78. The lowest BCUT2D eigenvalue weighted by molar-refractivity contribution is 0.414. The first-order chi connectivity index (χ1) is 11.1. The zero-order valence-corrected chi connectivity index (χ0v) is 14.7. The summed E-state index contributed by atoms with van der Waals surface area (Å²) in [6.07, 6.45) is 4.21. The van der Waals surface area contributed by atoms with Gasteiger partial charge in [0.05, 0.1) is 7.11 Å². The first-order valence-electron chi connectivity index (χ1n) is 8.68. The number of aryl methyl sites for hydroxylation is 2. The zero-order chi connectivity index (χ0) is 16.6. The van der Waals surface area contributed by atoms with Crippen LogP contribution in [0.2, 0.25) is 0 Å². The summed E-state index contributed by atoms with van der Waals surface area (Å²) in [4.78, 5) is 0. The van der Waals surface area contributed by atoms with Crippen LogP contribution in [-0.4, -0.2) is 7.11 Å². The van der Waals surface area contributed by atoms with Crippen molar-refractivity contribution >= 4 is 0 Å². The number of hydrogen-bond donors (Lipinski definition) is 1. The van der Waals surface area contributed by atoms with Gasteiger partial charge in [-0.3, -0.25) is 0 Å². The van der Waals surface area contributed by atoms with Crippen molar-refractivity contribution in [2.75, 3.05) is 7.11 Å². The van der Waals surface area contributed by atoms with E-state index in [4.69, 9.17) is 10.5 Å². The first kappa shape index (κ1) is 16.1. The lowest BCUT2D eigenvalue weighted by Crippen LogP contribution is -2.10. The van der Waals surface area contributed by atoms with Crippen LogP contribution in [0.25, 0.3) is 11.1 Å². The van der Waals surface area contributed by atoms with E-state index in [1.807, 2.05) is 0 Å². The molecule has 0 aromatic heterocycles. The number of rotatable bonds is 3. The van der Waals surface area contributed by atoms with E-state index in [2.05, 4.69) is 45.0 Å². The smallest absolute Gasteiger partial charge is 0.119 e. The Kier molecular flexibility index (Phi) is 4.45. The minimum atomic E-state index is 0.0713. The van der Waals surface area contributed by atoms with Crippen LogP contribution >= 0.6 is 0 Å². The van der Waals surface area contributed by atoms with Gasteiger partial charge in [-0.1, -0.05) is 26.0 Å². The molecule has 3 rings (SSSR count). The topological polar surface area (TPSA) is 35.2 Å². The standard InChI is InChI=1S/C21H27NO/c1-5-14-11-15-7-10-20(22)19-12-16(23-4)8-9-18(19)21(15)13(3)17(14)6-2/h8-9,11-12,20H,5-7,10,22H2,1-4H3/t20-/m0/s1. The molecule has 23 heavy (non-hydrogen) atoms. The van der Waals surface area contributed by atoms with Gasteiger partial charge in [0.25, 0.3) is 0 Å². The lowest BCUT2D eigenvalue weighted by Gasteiger charge is -2.20. The summed E-state index contributed by atoms with van der Waals surface area (Å²) in [5, 5.41) is 0. The van der Waals surface area contributed by atoms with Gasteiger partial charge in [-0.2, -0.15) is 0 Å². The molecule has 0 unspecified atom stereocenters. The van der Waals surface area contributed by atoms with Crippen LogP contribution in [0, 0.1) is 6.92 Å². The average molecular weight is 309 g/mol. The quantitative estimate of drug-likeness (QED) is 0.888. The maximum absolute atomic E-state index is 6.48. The predicted molar refractivity (Wildman–Crippen MR) is 97.2 cm³/mol. The van der Waals surface area contributed by atoms with E-state index in [9.17, 15) is 0 Å². The molecule has 0 aliphatic heterocycles. The summed E-state index contributed by atoms with van der Waals surface area (Å²) in [6, 6.07) is 8.86. The Hall–Kier alpha value is -1.80. The van der Waals surface area contributed by atoms with Crippen LogP contribution in [0.3, 0.4) is 0 Å². The molecule has 122 valence electrons. The molecule has 0 heterocycles. The number of methoxy groups -OCH3 is 1. The van der Waals surface area contributed by atoms with Gasteiger partial charge in [0, 0.05) is 6.04 Å². The molecule has 1 aliphatic carbocycles. The number of ether oxygens (including phenoxy) is 1. The minimum Gasteiger partial charge on any atom is -0.497 e. The Balaban J connectivity index is 2.30. The van der Waals surface area contributed by atoms with Crippen molar-refractivity contribution in [3.63, 3.8) is 0 Å². The maximum Gasteiger partial charge on any atom is 0.119 e. The molecule has 2 heteroatoms. The van der Waals surface area contributed by atoms with Crippen LogP contribution in [-0.2, 0) is 19.3 Å². The summed E-state index contributed by atoms with van der Waals surface area (Å²) in [5.41, 5.74) is 16.3. The molecule has 0 saturated heterocycles. The van der Waals surface area contributed by atoms with Gasteiger partial charge in [0.2, 0.25) is 0 Å². The number of nitrogens with two attached hydrogens (primary N) is 1. The van der Waals surface area contributed by atoms with E-state index in [0.29, 0.717) is 0 Å². The Labute approximate surface area is 139 Å². The molecular weight excluding hydrogens is 282 g/mol. The van der Waals surface area contributed by atoms with Crippen LogP contribution in [0.1, 0.15) is 54.1 Å². The zero-order valence-electron chi connectivity index (χ0n) is 14.7. The van der Waals surface area contributed by atoms with E-state index in [1.165, 1.54) is 38.9 Å². The van der Waals surface area contributed by atoms with Crippen LogP contribution in [0.4, 0.5) is 0 Å². The fraction of sp³-hybridized carbons (Fsp3) is 0.429. The van der Waals surface area contributed by atoms with Gasteiger partial charge >= 0.3 is 0 Å². The van der Waals surface area contributed by atoms with Gasteiger partial charge in [0.15, 0.2) is 0 Å². The third-order valence-corrected chi connectivity index (χ3v) is 5.27. The number of hydrogen-bond acceptors (Lipinski definition) is 2. The second-order valence-corrected chi connectivity index (χ2v) is 6.48. The molecule has 2 aromatic rings. The second kappa shape index (κ2) is 6.37. The Morgan fingerprint density at radius 2 is 1.96 bits per heavy atom. The van der Waals surface area contributed by atoms with Crippen molar-refractivity contribution in [3.05, 3.63) is 52.1 Å². The van der Waals surface area contributed by atoms with Crippen molar-refractivity contribution in [3.8, 4) is 16.9 Å². The molecule has 2 N–H and O–H groups in total. The summed E-state index contributed by atoms with van der Waals surface area (Å²) in [7, 11) is 1.71. The molecule has 0 spiro atoms. The Bertz CT molecular complexity index is 733. The molecule has 0 saturated carbocycles. The fourth-order valence-corrected chi connectivity index (χ4v) is 4.05. The largest absolute Gasteiger partial charge is 0.497 e. The predicted octanol–water partition coefficient (Wildman–Crippen LogP) is 4.74. The van der Waals surface area contributed by atoms with Crippen LogP contribution in [0.5, 0.6) is 5.75 Å². The molecule has 1 atom stereocenters. The average Bonchev–Trinajstić information content (AvgIpc) is 2.71. The molecule has 0 amide bonds. The van der Waals surface area contributed by atoms with E-state index in [1.54, 1.807) is 7.11 Å². The summed E-state index contributed by atoms with van der Waals surface area (Å²) < 4.78 is 5.41. The molecule has 0 bridgehead atoms. The fourth-order valence-electron chi connectivity index (χ4n) is 4.05. The summed E-state index contributed by atoms with van der Waals surface area (Å²) in [6.45, 7) is 6.79. The van der Waals surface area contributed by atoms with Crippen molar-refractivity contribution in [2.24, 2.45) is 5.73 Å². The van der Waals surface area contributed by atoms with E-state index < -0.39 is 0 Å². The third-order valence-electron chi connectivity index (χ3n) is 5.27. The molecule has 0 radical (unpaired) electrons. The van der Waals surface area contributed by atoms with Crippen molar-refractivity contribution in [1.29, 1.82) is 0 Å². The second-order valence-electron chi connectivity index (χ2n) is 6.48. The molecular formula is C21H27NO. The lowest BCUT2D eigenvalue weighted by atomic mass is 9.85. The Morgan fingerprint density at radius 1 is 1.17 bits per heavy atom. The molecule has 2 nitrogen and oxygen atoms in total. The molecule has 2 aromatic carbocycles. The van der Waals surface area contributed by atoms with Crippen LogP contribution in [0.15, 0.2) is 24.3 Å². The van der Waals surface area contributed by atoms with E-state index in [-0.39, 0.29) is 6.04 Å². The number of fused-ring (bicyclic) bond motifs is 3. The number of benzene rings is 2. The normalized spacial score (nSPS) is 16.5. The Morgan fingerprint density at radius 3 is 2.61 bits per heavy atom. The van der Waals surface area contributed by atoms with E-state index in [0.717, 1.165) is 31.4 Å². The van der Waals surface area contributed by atoms with Crippen LogP contribution < -0.4 is 10.5 Å². The van der Waals surface area contributed by atoms with E-state index >= 15 is 0 Å². The first-order valence-corrected chi connectivity index (χ1v) is 8.68. The maximum atomic E-state index is 6.48. The molecule has 0 fully saturated rings. The third kappa shape index (κ3) is 2.66. The van der Waals surface area contributed by atoms with Gasteiger partial charge in [-0.25, -0.2) is 0 Å².